The van der Waals surface area contributed by atoms with E-state index in [1.54, 1.807) is 6.07 Å². The molecule has 1 atom stereocenters. The Labute approximate surface area is 140 Å². The van der Waals surface area contributed by atoms with E-state index in [0.717, 1.165) is 25.2 Å². The first-order valence-electron chi connectivity index (χ1n) is 7.48. The minimum absolute atomic E-state index is 0.0720. The Morgan fingerprint density at radius 3 is 2.96 bits per heavy atom. The molecule has 6 nitrogen and oxygen atoms in total. The number of halogens is 1. The molecule has 120 valence electrons. The predicted octanol–water partition coefficient (Wildman–Crippen LogP) is 2.39. The molecule has 1 aromatic heterocycles. The summed E-state index contributed by atoms with van der Waals surface area (Å²) >= 11 is 5.96. The van der Waals surface area contributed by atoms with Crippen LogP contribution in [0.5, 0.6) is 0 Å². The molecule has 0 radical (unpaired) electrons. The van der Waals surface area contributed by atoms with Crippen LogP contribution in [-0.2, 0) is 6.54 Å². The van der Waals surface area contributed by atoms with E-state index in [4.69, 9.17) is 16.1 Å². The number of hydrogen-bond acceptors (Lipinski definition) is 6. The predicted molar refractivity (Wildman–Crippen MR) is 85.9 cm³/mol. The number of aromatic nitrogens is 2. The Kier molecular flexibility index (Phi) is 4.62. The molecule has 1 aliphatic rings. The summed E-state index contributed by atoms with van der Waals surface area (Å²) in [7, 11) is 2.06. The number of nitriles is 1. The molecule has 1 aliphatic heterocycles. The first-order valence-corrected chi connectivity index (χ1v) is 7.86. The van der Waals surface area contributed by atoms with Crippen LogP contribution in [0.15, 0.2) is 22.7 Å². The first-order chi connectivity index (χ1) is 11.1. The number of hydrogen-bond donors (Lipinski definition) is 0. The highest BCUT2D eigenvalue weighted by Crippen LogP contribution is 2.25. The van der Waals surface area contributed by atoms with Gasteiger partial charge in [0.25, 0.3) is 0 Å². The minimum Gasteiger partial charge on any atom is -0.338 e. The van der Waals surface area contributed by atoms with Gasteiger partial charge < -0.3 is 4.52 Å². The van der Waals surface area contributed by atoms with Crippen molar-refractivity contribution in [2.24, 2.45) is 0 Å². The van der Waals surface area contributed by atoms with Gasteiger partial charge in [0.2, 0.25) is 5.89 Å². The van der Waals surface area contributed by atoms with Crippen LogP contribution in [0.3, 0.4) is 0 Å². The lowest BCUT2D eigenvalue weighted by molar-refractivity contribution is 0.0714. The first kappa shape index (κ1) is 15.9. The van der Waals surface area contributed by atoms with Crippen molar-refractivity contribution in [2.75, 3.05) is 26.7 Å². The molecule has 0 spiro atoms. The number of piperazine rings is 1. The summed E-state index contributed by atoms with van der Waals surface area (Å²) in [4.78, 5) is 8.87. The fraction of sp³-hybridized carbons (Fsp3) is 0.438. The summed E-state index contributed by atoms with van der Waals surface area (Å²) in [5, 5.41) is 13.7. The number of nitrogens with zero attached hydrogens (tertiary/aromatic N) is 5. The summed E-state index contributed by atoms with van der Waals surface area (Å²) in [5.41, 5.74) is 1.61. The third kappa shape index (κ3) is 3.53. The summed E-state index contributed by atoms with van der Waals surface area (Å²) in [6.07, 6.45) is 0. The molecule has 0 amide bonds. The molecule has 1 saturated heterocycles. The maximum Gasteiger partial charge on any atom is 0.245 e. The highest BCUT2D eigenvalue weighted by molar-refractivity contribution is 6.30. The van der Waals surface area contributed by atoms with Crippen molar-refractivity contribution in [1.82, 2.24) is 19.9 Å². The third-order valence-electron chi connectivity index (χ3n) is 4.15. The molecule has 1 fully saturated rings. The van der Waals surface area contributed by atoms with Crippen molar-refractivity contribution in [3.63, 3.8) is 0 Å². The van der Waals surface area contributed by atoms with Gasteiger partial charge in [-0.05, 0) is 31.7 Å². The van der Waals surface area contributed by atoms with Crippen LogP contribution in [0.25, 0.3) is 0 Å². The van der Waals surface area contributed by atoms with Gasteiger partial charge in [0.05, 0.1) is 11.6 Å². The van der Waals surface area contributed by atoms with Gasteiger partial charge in [-0.3, -0.25) is 9.80 Å². The lowest BCUT2D eigenvalue weighted by atomic mass is 10.1. The molecule has 3 rings (SSSR count). The standard InChI is InChI=1S/C16H18ClN5O/c1-11-19-16(23-20-11)15-10-22(6-5-21(15)2)9-12-3-4-14(17)7-13(12)8-18/h3-4,7,15H,5-6,9-10H2,1-2H3. The smallest absolute Gasteiger partial charge is 0.245 e. The molecule has 7 heteroatoms. The van der Waals surface area contributed by atoms with E-state index in [2.05, 4.69) is 33.1 Å². The van der Waals surface area contributed by atoms with Crippen LogP contribution < -0.4 is 0 Å². The molecule has 1 unspecified atom stereocenters. The van der Waals surface area contributed by atoms with Crippen LogP contribution in [0.1, 0.15) is 28.9 Å². The molecule has 0 saturated carbocycles. The average Bonchev–Trinajstić information content (AvgIpc) is 2.97. The van der Waals surface area contributed by atoms with Crippen molar-refractivity contribution >= 4 is 11.6 Å². The van der Waals surface area contributed by atoms with E-state index in [-0.39, 0.29) is 6.04 Å². The van der Waals surface area contributed by atoms with Crippen LogP contribution >= 0.6 is 11.6 Å². The summed E-state index contributed by atoms with van der Waals surface area (Å²) in [5.74, 6) is 1.29. The molecule has 0 N–H and O–H groups in total. The quantitative estimate of drug-likeness (QED) is 0.860. The molecule has 0 bridgehead atoms. The maximum atomic E-state index is 9.28. The van der Waals surface area contributed by atoms with E-state index in [1.807, 2.05) is 19.1 Å². The molecular weight excluding hydrogens is 314 g/mol. The van der Waals surface area contributed by atoms with E-state index in [1.165, 1.54) is 0 Å². The highest BCUT2D eigenvalue weighted by Gasteiger charge is 2.30. The second-order valence-corrected chi connectivity index (χ2v) is 6.26. The van der Waals surface area contributed by atoms with Crippen LogP contribution in [0.4, 0.5) is 0 Å². The van der Waals surface area contributed by atoms with E-state index in [0.29, 0.717) is 28.8 Å². The van der Waals surface area contributed by atoms with Crippen LogP contribution in [0.2, 0.25) is 5.02 Å². The van der Waals surface area contributed by atoms with Gasteiger partial charge in [-0.1, -0.05) is 22.8 Å². The second-order valence-electron chi connectivity index (χ2n) is 5.82. The van der Waals surface area contributed by atoms with Crippen molar-refractivity contribution in [3.05, 3.63) is 46.1 Å². The van der Waals surface area contributed by atoms with Crippen LogP contribution in [0, 0.1) is 18.3 Å². The van der Waals surface area contributed by atoms with Gasteiger partial charge in [-0.15, -0.1) is 0 Å². The Bertz CT molecular complexity index is 738. The van der Waals surface area contributed by atoms with Gasteiger partial charge >= 0.3 is 0 Å². The monoisotopic (exact) mass is 331 g/mol. The van der Waals surface area contributed by atoms with Gasteiger partial charge in [-0.25, -0.2) is 0 Å². The van der Waals surface area contributed by atoms with E-state index in [9.17, 15) is 5.26 Å². The van der Waals surface area contributed by atoms with Gasteiger partial charge in [-0.2, -0.15) is 10.2 Å². The zero-order chi connectivity index (χ0) is 16.4. The lowest BCUT2D eigenvalue weighted by Crippen LogP contribution is -2.46. The SMILES string of the molecule is Cc1noc(C2CN(Cc3ccc(Cl)cc3C#N)CCN2C)n1. The maximum absolute atomic E-state index is 9.28. The lowest BCUT2D eigenvalue weighted by Gasteiger charge is -2.37. The number of rotatable bonds is 3. The number of aryl methyl sites for hydroxylation is 1. The van der Waals surface area contributed by atoms with Crippen molar-refractivity contribution in [1.29, 1.82) is 5.26 Å². The highest BCUT2D eigenvalue weighted by atomic mass is 35.5. The molecule has 0 aliphatic carbocycles. The minimum atomic E-state index is 0.0720. The topological polar surface area (TPSA) is 69.2 Å². The molecule has 23 heavy (non-hydrogen) atoms. The summed E-state index contributed by atoms with van der Waals surface area (Å²) in [6, 6.07) is 7.75. The Hall–Kier alpha value is -1.94. The fourth-order valence-corrected chi connectivity index (χ4v) is 2.99. The Morgan fingerprint density at radius 1 is 1.43 bits per heavy atom. The van der Waals surface area contributed by atoms with Crippen molar-refractivity contribution < 1.29 is 4.52 Å². The molecule has 1 aromatic carbocycles. The van der Waals surface area contributed by atoms with E-state index >= 15 is 0 Å². The van der Waals surface area contributed by atoms with Gasteiger partial charge in [0.15, 0.2) is 5.82 Å². The Morgan fingerprint density at radius 2 is 2.26 bits per heavy atom. The Balaban J connectivity index is 1.76. The zero-order valence-electron chi connectivity index (χ0n) is 13.2. The van der Waals surface area contributed by atoms with Gasteiger partial charge in [0, 0.05) is 31.2 Å². The summed E-state index contributed by atoms with van der Waals surface area (Å²) in [6.45, 7) is 5.14. The van der Waals surface area contributed by atoms with E-state index < -0.39 is 0 Å². The normalized spacial score (nSPS) is 19.7. The summed E-state index contributed by atoms with van der Waals surface area (Å²) < 4.78 is 5.33. The van der Waals surface area contributed by atoms with Crippen LogP contribution in [-0.4, -0.2) is 46.6 Å². The molecule has 2 aromatic rings. The third-order valence-corrected chi connectivity index (χ3v) is 4.38. The average molecular weight is 332 g/mol. The zero-order valence-corrected chi connectivity index (χ0v) is 13.9. The molecular formula is C16H18ClN5O. The molecule has 2 heterocycles. The largest absolute Gasteiger partial charge is 0.338 e. The van der Waals surface area contributed by atoms with Crippen molar-refractivity contribution in [3.8, 4) is 6.07 Å². The second kappa shape index (κ2) is 6.67. The fourth-order valence-electron chi connectivity index (χ4n) is 2.82. The number of likely N-dealkylation sites (N-methyl/N-ethyl adjacent to an activating group) is 1. The number of benzene rings is 1. The van der Waals surface area contributed by atoms with Gasteiger partial charge in [0.1, 0.15) is 6.04 Å². The van der Waals surface area contributed by atoms with Crippen molar-refractivity contribution in [2.45, 2.75) is 19.5 Å².